The molecule has 0 saturated carbocycles. The van der Waals surface area contributed by atoms with Gasteiger partial charge >= 0.3 is 11.9 Å². The number of benzene rings is 10. The maximum absolute atomic E-state index is 12.0. The molecule has 2 unspecified atom stereocenters. The Kier molecular flexibility index (Phi) is 17.3. The zero-order valence-electron chi connectivity index (χ0n) is 45.6. The molecule has 412 valence electrons. The molecule has 2 heterocycles. The molecule has 14 nitrogen and oxygen atoms in total. The number of carbonyl (C=O) groups is 2. The average Bonchev–Trinajstić information content (AvgIpc) is 3.66. The molecule has 2 atom stereocenters. The third-order valence-electron chi connectivity index (χ3n) is 13.4. The summed E-state index contributed by atoms with van der Waals surface area (Å²) in [4.78, 5) is 51.3. The number of nitrogens with zero attached hydrogens (tertiary/aromatic N) is 6. The lowest BCUT2D eigenvalue weighted by Gasteiger charge is -2.15. The number of hydrogen-bond acceptors (Lipinski definition) is 14. The van der Waals surface area contributed by atoms with Gasteiger partial charge in [0, 0.05) is 34.4 Å². The van der Waals surface area contributed by atoms with Crippen molar-refractivity contribution >= 4 is 71.0 Å². The third-order valence-corrected chi connectivity index (χ3v) is 13.7. The number of hydrogen-bond donors (Lipinski definition) is 3. The number of aromatic nitrogens is 6. The summed E-state index contributed by atoms with van der Waals surface area (Å²) < 4.78 is 15.3. The molecule has 15 heteroatoms. The van der Waals surface area contributed by atoms with Crippen LogP contribution in [0.1, 0.15) is 27.7 Å². The molecule has 10 aromatic carbocycles. The van der Waals surface area contributed by atoms with E-state index >= 15 is 0 Å². The minimum Gasteiger partial charge on any atom is -0.508 e. The fraction of sp³-hybridized carbons (Fsp3) is 0.118. The second-order valence-corrected chi connectivity index (χ2v) is 20.4. The summed E-state index contributed by atoms with van der Waals surface area (Å²) in [6.45, 7) is 7.56. The first kappa shape index (κ1) is 56.2. The van der Waals surface area contributed by atoms with E-state index in [2.05, 4.69) is 44.9 Å². The molecular formula is C68H55BrN6O8. The summed E-state index contributed by atoms with van der Waals surface area (Å²) in [7, 11) is 0. The average molecular weight is 1160 g/mol. The van der Waals surface area contributed by atoms with Gasteiger partial charge in [-0.3, -0.25) is 4.79 Å². The number of phenols is 3. The number of fused-ring (bicyclic) bond motifs is 4. The molecule has 0 aliphatic rings. The van der Waals surface area contributed by atoms with Gasteiger partial charge in [0.15, 0.2) is 41.1 Å². The largest absolute Gasteiger partial charge is 0.508 e. The van der Waals surface area contributed by atoms with Crippen LogP contribution in [0.5, 0.6) is 23.0 Å². The summed E-state index contributed by atoms with van der Waals surface area (Å²) in [5, 5.41) is 39.8. The number of rotatable bonds is 12. The van der Waals surface area contributed by atoms with Crippen molar-refractivity contribution in [3.63, 3.8) is 0 Å². The van der Waals surface area contributed by atoms with E-state index in [0.717, 1.165) is 65.3 Å². The summed E-state index contributed by atoms with van der Waals surface area (Å²) in [5.41, 5.74) is 4.30. The normalized spacial score (nSPS) is 11.7. The number of esters is 2. The zero-order valence-corrected chi connectivity index (χ0v) is 47.2. The number of alkyl halides is 1. The van der Waals surface area contributed by atoms with Crippen molar-refractivity contribution in [1.29, 1.82) is 0 Å². The molecule has 0 aliphatic heterocycles. The molecule has 0 aliphatic carbocycles. The molecule has 0 fully saturated rings. The van der Waals surface area contributed by atoms with E-state index in [1.54, 1.807) is 45.9 Å². The van der Waals surface area contributed by atoms with Crippen molar-refractivity contribution in [2.24, 2.45) is 0 Å². The number of ether oxygens (including phenoxy) is 3. The molecule has 0 spiro atoms. The SMILES string of the molecule is CCOC(=O)C(C)Br.CCOC(=O)C(C)Oc1ccc(-c2nc(-c3cccc4ccccc34)nc(-c3cccc4ccccc34)n2)c(O)c1.Oc1ccc(-c2nc(-c3cccc4ccccc34)nc(-c3cccc4ccccc34)n2)c(O)c1. The first-order valence-corrected chi connectivity index (χ1v) is 27.7. The molecule has 12 rings (SSSR count). The fourth-order valence-corrected chi connectivity index (χ4v) is 9.54. The second-order valence-electron chi connectivity index (χ2n) is 19.0. The van der Waals surface area contributed by atoms with E-state index in [1.807, 2.05) is 146 Å². The van der Waals surface area contributed by atoms with Crippen molar-refractivity contribution < 1.29 is 39.1 Å². The maximum Gasteiger partial charge on any atom is 0.347 e. The van der Waals surface area contributed by atoms with Crippen molar-refractivity contribution in [3.8, 4) is 91.3 Å². The highest BCUT2D eigenvalue weighted by molar-refractivity contribution is 9.10. The van der Waals surface area contributed by atoms with Crippen LogP contribution in [0.25, 0.3) is 111 Å². The second kappa shape index (κ2) is 25.6. The predicted octanol–water partition coefficient (Wildman–Crippen LogP) is 15.1. The van der Waals surface area contributed by atoms with Gasteiger partial charge in [-0.05, 0) is 95.1 Å². The smallest absolute Gasteiger partial charge is 0.347 e. The summed E-state index contributed by atoms with van der Waals surface area (Å²) in [5.74, 6) is 2.08. The van der Waals surface area contributed by atoms with Gasteiger partial charge in [-0.1, -0.05) is 186 Å². The summed E-state index contributed by atoms with van der Waals surface area (Å²) in [6.07, 6.45) is -0.826. The highest BCUT2D eigenvalue weighted by Gasteiger charge is 2.22. The van der Waals surface area contributed by atoms with E-state index < -0.39 is 12.1 Å². The first-order chi connectivity index (χ1) is 40.4. The quantitative estimate of drug-likeness (QED) is 0.0771. The summed E-state index contributed by atoms with van der Waals surface area (Å²) in [6, 6.07) is 65.6. The van der Waals surface area contributed by atoms with Gasteiger partial charge in [-0.25, -0.2) is 34.7 Å². The molecule has 0 bridgehead atoms. The molecule has 83 heavy (non-hydrogen) atoms. The van der Waals surface area contributed by atoms with Crippen LogP contribution < -0.4 is 4.74 Å². The van der Waals surface area contributed by atoms with Crippen LogP contribution in [0.3, 0.4) is 0 Å². The van der Waals surface area contributed by atoms with Gasteiger partial charge in [0.2, 0.25) is 0 Å². The standard InChI is InChI=1S/C34H27N3O4.C29H19N3O2.C5H9BrO2/c1-3-40-34(39)21(2)41-24-18-19-29(30(38)20-24)33-36-31(27-16-8-12-22-10-4-6-14-25(22)27)35-32(37-33)28-17-9-13-23-11-5-7-15-26(23)28;33-20-15-16-25(26(34)17-20)29-31-27(23-13-5-9-18-7-1-3-11-21(18)23)30-28(32-29)24-14-6-10-19-8-2-4-12-22(19)24;1-3-8-5(7)4(2)6/h4-21,38H,3H2,1-2H3;1-17,33-34H;4H,3H2,1-2H3. The topological polar surface area (TPSA) is 200 Å². The van der Waals surface area contributed by atoms with E-state index in [-0.39, 0.29) is 34.7 Å². The van der Waals surface area contributed by atoms with E-state index in [1.165, 1.54) is 18.2 Å². The highest BCUT2D eigenvalue weighted by Crippen LogP contribution is 2.38. The molecule has 0 saturated heterocycles. The van der Waals surface area contributed by atoms with Crippen LogP contribution in [-0.4, -0.2) is 81.3 Å². The fourth-order valence-electron chi connectivity index (χ4n) is 9.41. The Labute approximate surface area is 486 Å². The number of carbonyl (C=O) groups excluding carboxylic acids is 2. The molecule has 0 amide bonds. The third kappa shape index (κ3) is 12.8. The van der Waals surface area contributed by atoms with Gasteiger partial charge in [0.05, 0.1) is 24.3 Å². The Morgan fingerprint density at radius 2 is 0.711 bits per heavy atom. The Morgan fingerprint density at radius 3 is 1.04 bits per heavy atom. The molecule has 0 radical (unpaired) electrons. The molecule has 12 aromatic rings. The van der Waals surface area contributed by atoms with Crippen molar-refractivity contribution in [2.75, 3.05) is 13.2 Å². The van der Waals surface area contributed by atoms with Gasteiger partial charge in [-0.2, -0.15) is 0 Å². The van der Waals surface area contributed by atoms with Crippen molar-refractivity contribution in [2.45, 2.75) is 38.6 Å². The van der Waals surface area contributed by atoms with Gasteiger partial charge < -0.3 is 29.5 Å². The van der Waals surface area contributed by atoms with Crippen LogP contribution in [0.2, 0.25) is 0 Å². The first-order valence-electron chi connectivity index (χ1n) is 26.8. The van der Waals surface area contributed by atoms with E-state index in [9.17, 15) is 24.9 Å². The van der Waals surface area contributed by atoms with Gasteiger partial charge in [0.1, 0.15) is 27.8 Å². The van der Waals surface area contributed by atoms with Crippen LogP contribution in [0, 0.1) is 0 Å². The number of phenolic OH excluding ortho intramolecular Hbond substituents is 3. The molecular weight excluding hydrogens is 1110 g/mol. The monoisotopic (exact) mass is 1160 g/mol. The Bertz CT molecular complexity index is 4130. The minimum atomic E-state index is -0.826. The maximum atomic E-state index is 12.0. The number of aromatic hydroxyl groups is 3. The van der Waals surface area contributed by atoms with Crippen LogP contribution in [0.15, 0.2) is 206 Å². The van der Waals surface area contributed by atoms with Gasteiger partial charge in [0.25, 0.3) is 0 Å². The van der Waals surface area contributed by atoms with Crippen LogP contribution in [0.4, 0.5) is 0 Å². The van der Waals surface area contributed by atoms with Gasteiger partial charge in [-0.15, -0.1) is 0 Å². The Hall–Kier alpha value is -10.1. The van der Waals surface area contributed by atoms with Crippen LogP contribution in [-0.2, 0) is 19.1 Å². The highest BCUT2D eigenvalue weighted by atomic mass is 79.9. The molecule has 3 N–H and O–H groups in total. The lowest BCUT2D eigenvalue weighted by molar-refractivity contribution is -0.150. The predicted molar refractivity (Wildman–Crippen MR) is 329 cm³/mol. The lowest BCUT2D eigenvalue weighted by atomic mass is 10.0. The minimum absolute atomic E-state index is 0.0288. The van der Waals surface area contributed by atoms with E-state index in [0.29, 0.717) is 58.4 Å². The summed E-state index contributed by atoms with van der Waals surface area (Å²) >= 11 is 3.07. The van der Waals surface area contributed by atoms with Crippen molar-refractivity contribution in [1.82, 2.24) is 29.9 Å². The Balaban J connectivity index is 0.000000166. The zero-order chi connectivity index (χ0) is 58.0. The Morgan fingerprint density at radius 1 is 0.398 bits per heavy atom. The number of halogens is 1. The van der Waals surface area contributed by atoms with Crippen molar-refractivity contribution in [3.05, 3.63) is 206 Å². The van der Waals surface area contributed by atoms with Crippen LogP contribution >= 0.6 is 15.9 Å². The van der Waals surface area contributed by atoms with E-state index in [4.69, 9.17) is 39.4 Å². The molecule has 2 aromatic heterocycles. The lowest BCUT2D eigenvalue weighted by Crippen LogP contribution is -2.26.